The number of phenols is 1. The molecular formula is C22H24N2O4S. The highest BCUT2D eigenvalue weighted by Gasteiger charge is 2.19. The van der Waals surface area contributed by atoms with E-state index in [0.29, 0.717) is 30.8 Å². The van der Waals surface area contributed by atoms with Gasteiger partial charge in [0.15, 0.2) is 0 Å². The first-order chi connectivity index (χ1) is 14.0. The maximum absolute atomic E-state index is 11.2. The Morgan fingerprint density at radius 1 is 1.24 bits per heavy atom. The van der Waals surface area contributed by atoms with Gasteiger partial charge in [0.05, 0.1) is 13.0 Å². The van der Waals surface area contributed by atoms with Gasteiger partial charge in [-0.3, -0.25) is 4.79 Å². The fourth-order valence-electron chi connectivity index (χ4n) is 3.11. The minimum atomic E-state index is -0.848. The van der Waals surface area contributed by atoms with E-state index in [0.717, 1.165) is 16.4 Å². The third-order valence-electron chi connectivity index (χ3n) is 4.58. The number of ether oxygens (including phenoxy) is 1. The topological polar surface area (TPSA) is 91.7 Å². The summed E-state index contributed by atoms with van der Waals surface area (Å²) in [5.41, 5.74) is 1.63. The van der Waals surface area contributed by atoms with Gasteiger partial charge in [-0.2, -0.15) is 0 Å². The summed E-state index contributed by atoms with van der Waals surface area (Å²) in [7, 11) is 1.83. The van der Waals surface area contributed by atoms with Gasteiger partial charge >= 0.3 is 5.97 Å². The monoisotopic (exact) mass is 412 g/mol. The van der Waals surface area contributed by atoms with E-state index in [4.69, 9.17) is 4.74 Å². The van der Waals surface area contributed by atoms with Crippen LogP contribution in [0.2, 0.25) is 0 Å². The first-order valence-electron chi connectivity index (χ1n) is 9.38. The van der Waals surface area contributed by atoms with Crippen LogP contribution in [0.25, 0.3) is 0 Å². The lowest BCUT2D eigenvalue weighted by Crippen LogP contribution is -2.08. The van der Waals surface area contributed by atoms with Crippen molar-refractivity contribution < 1.29 is 19.7 Å². The number of carbonyl (C=O) groups is 1. The van der Waals surface area contributed by atoms with Crippen LogP contribution in [0.1, 0.15) is 28.5 Å². The Hall–Kier alpha value is -3.06. The predicted octanol–water partition coefficient (Wildman–Crippen LogP) is 4.31. The summed E-state index contributed by atoms with van der Waals surface area (Å²) < 4.78 is 5.75. The molecule has 2 heterocycles. The van der Waals surface area contributed by atoms with Gasteiger partial charge in [-0.1, -0.05) is 18.2 Å². The second kappa shape index (κ2) is 9.93. The highest BCUT2D eigenvalue weighted by Crippen LogP contribution is 2.32. The van der Waals surface area contributed by atoms with Crippen molar-refractivity contribution >= 4 is 23.1 Å². The van der Waals surface area contributed by atoms with Gasteiger partial charge in [0.25, 0.3) is 0 Å². The second-order valence-electron chi connectivity index (χ2n) is 6.67. The molecule has 0 aliphatic heterocycles. The number of aromatic nitrogens is 1. The predicted molar refractivity (Wildman–Crippen MR) is 114 cm³/mol. The molecule has 3 aromatic rings. The third kappa shape index (κ3) is 5.96. The number of nitrogens with one attached hydrogen (secondary N) is 1. The molecule has 0 spiro atoms. The van der Waals surface area contributed by atoms with Crippen molar-refractivity contribution in [2.45, 2.75) is 25.2 Å². The number of pyridine rings is 1. The molecule has 0 saturated carbocycles. The molecule has 2 aromatic heterocycles. The maximum atomic E-state index is 11.2. The fraction of sp³-hybridized carbons (Fsp3) is 0.273. The summed E-state index contributed by atoms with van der Waals surface area (Å²) in [6.45, 7) is 0.440. The standard InChI is InChI=1S/C22H24N2O4S/c1-23-21-6-2-4-17(24-21)9-10-28-18-8-7-15(19(25)14-18)12-16(13-22(26)27)20-5-3-11-29-20/h2-8,11,14,16,25H,9-10,12-13H2,1H3,(H,23,24)(H,26,27). The SMILES string of the molecule is CNc1cccc(CCOc2ccc(CC(CC(=O)O)c3cccs3)c(O)c2)n1. The minimum absolute atomic E-state index is 0.0247. The maximum Gasteiger partial charge on any atom is 0.304 e. The molecule has 0 saturated heterocycles. The van der Waals surface area contributed by atoms with E-state index < -0.39 is 5.97 Å². The van der Waals surface area contributed by atoms with Crippen molar-refractivity contribution in [1.82, 2.24) is 4.98 Å². The molecule has 6 nitrogen and oxygen atoms in total. The summed E-state index contributed by atoms with van der Waals surface area (Å²) in [5, 5.41) is 24.6. The number of carboxylic acids is 1. The van der Waals surface area contributed by atoms with E-state index in [2.05, 4.69) is 10.3 Å². The van der Waals surface area contributed by atoms with Crippen LogP contribution in [0.15, 0.2) is 53.9 Å². The van der Waals surface area contributed by atoms with Gasteiger partial charge in [0, 0.05) is 36.0 Å². The van der Waals surface area contributed by atoms with Gasteiger partial charge in [0.2, 0.25) is 0 Å². The molecule has 0 fully saturated rings. The third-order valence-corrected chi connectivity index (χ3v) is 5.61. The molecule has 3 N–H and O–H groups in total. The van der Waals surface area contributed by atoms with Crippen LogP contribution in [-0.4, -0.2) is 34.8 Å². The summed E-state index contributed by atoms with van der Waals surface area (Å²) in [4.78, 5) is 16.7. The smallest absolute Gasteiger partial charge is 0.304 e. The number of carboxylic acid groups (broad SMARTS) is 1. The Balaban J connectivity index is 1.61. The van der Waals surface area contributed by atoms with E-state index in [1.807, 2.05) is 42.8 Å². The number of benzene rings is 1. The molecule has 7 heteroatoms. The fourth-order valence-corrected chi connectivity index (χ4v) is 3.94. The number of rotatable bonds is 10. The number of phenolic OH excluding ortho intramolecular Hbond substituents is 1. The number of hydrogen-bond acceptors (Lipinski definition) is 6. The molecule has 152 valence electrons. The van der Waals surface area contributed by atoms with Crippen molar-refractivity contribution in [2.75, 3.05) is 19.0 Å². The minimum Gasteiger partial charge on any atom is -0.508 e. The average Bonchev–Trinajstić information content (AvgIpc) is 3.24. The quantitative estimate of drug-likeness (QED) is 0.460. The van der Waals surface area contributed by atoms with Gasteiger partial charge in [-0.05, 0) is 41.6 Å². The van der Waals surface area contributed by atoms with E-state index in [9.17, 15) is 15.0 Å². The molecule has 0 bridgehead atoms. The van der Waals surface area contributed by atoms with Crippen LogP contribution in [0, 0.1) is 0 Å². The lowest BCUT2D eigenvalue weighted by molar-refractivity contribution is -0.137. The Morgan fingerprint density at radius 2 is 2.10 bits per heavy atom. The van der Waals surface area contributed by atoms with Crippen molar-refractivity contribution in [3.05, 3.63) is 70.0 Å². The van der Waals surface area contributed by atoms with Crippen LogP contribution in [0.4, 0.5) is 5.82 Å². The van der Waals surface area contributed by atoms with Crippen molar-refractivity contribution in [3.8, 4) is 11.5 Å². The van der Waals surface area contributed by atoms with Crippen LogP contribution >= 0.6 is 11.3 Å². The molecule has 0 aliphatic rings. The highest BCUT2D eigenvalue weighted by molar-refractivity contribution is 7.10. The van der Waals surface area contributed by atoms with Crippen molar-refractivity contribution in [3.63, 3.8) is 0 Å². The lowest BCUT2D eigenvalue weighted by Gasteiger charge is -2.15. The lowest BCUT2D eigenvalue weighted by atomic mass is 9.94. The van der Waals surface area contributed by atoms with E-state index >= 15 is 0 Å². The molecule has 1 atom stereocenters. The normalized spacial score (nSPS) is 11.8. The average molecular weight is 413 g/mol. The number of aliphatic carboxylic acids is 1. The molecule has 1 unspecified atom stereocenters. The molecule has 3 rings (SSSR count). The number of aromatic hydroxyl groups is 1. The highest BCUT2D eigenvalue weighted by atomic mass is 32.1. The molecule has 0 aliphatic carbocycles. The van der Waals surface area contributed by atoms with Crippen LogP contribution < -0.4 is 10.1 Å². The van der Waals surface area contributed by atoms with Crippen molar-refractivity contribution in [1.29, 1.82) is 0 Å². The molecule has 0 radical (unpaired) electrons. The van der Waals surface area contributed by atoms with Gasteiger partial charge in [-0.15, -0.1) is 11.3 Å². The van der Waals surface area contributed by atoms with Gasteiger partial charge in [-0.25, -0.2) is 4.98 Å². The Morgan fingerprint density at radius 3 is 2.79 bits per heavy atom. The van der Waals surface area contributed by atoms with Crippen LogP contribution in [0.3, 0.4) is 0 Å². The van der Waals surface area contributed by atoms with E-state index in [1.54, 1.807) is 18.2 Å². The molecule has 29 heavy (non-hydrogen) atoms. The number of thiophene rings is 1. The zero-order valence-corrected chi connectivity index (χ0v) is 17.0. The summed E-state index contributed by atoms with van der Waals surface area (Å²) in [6, 6.07) is 14.8. The first kappa shape index (κ1) is 20.7. The van der Waals surface area contributed by atoms with Crippen molar-refractivity contribution in [2.24, 2.45) is 0 Å². The summed E-state index contributed by atoms with van der Waals surface area (Å²) in [6.07, 6.45) is 1.13. The van der Waals surface area contributed by atoms with Crippen LogP contribution in [0.5, 0.6) is 11.5 Å². The van der Waals surface area contributed by atoms with E-state index in [-0.39, 0.29) is 18.1 Å². The zero-order valence-electron chi connectivity index (χ0n) is 16.2. The first-order valence-corrected chi connectivity index (χ1v) is 10.3. The Labute approximate surface area is 173 Å². The molecule has 0 amide bonds. The number of anilines is 1. The van der Waals surface area contributed by atoms with E-state index in [1.165, 1.54) is 11.3 Å². The van der Waals surface area contributed by atoms with Gasteiger partial charge in [0.1, 0.15) is 17.3 Å². The van der Waals surface area contributed by atoms with Gasteiger partial charge < -0.3 is 20.3 Å². The number of hydrogen-bond donors (Lipinski definition) is 3. The van der Waals surface area contributed by atoms with Crippen LogP contribution in [-0.2, 0) is 17.6 Å². The number of nitrogens with zero attached hydrogens (tertiary/aromatic N) is 1. The second-order valence-corrected chi connectivity index (χ2v) is 7.65. The Bertz CT molecular complexity index is 944. The largest absolute Gasteiger partial charge is 0.508 e. The summed E-state index contributed by atoms with van der Waals surface area (Å²) >= 11 is 1.53. The Kier molecular flexibility index (Phi) is 7.08. The summed E-state index contributed by atoms with van der Waals surface area (Å²) in [5.74, 6) is 0.479. The molecule has 1 aromatic carbocycles. The molecular weight excluding hydrogens is 388 g/mol. The zero-order chi connectivity index (χ0) is 20.6.